The average molecular weight is 267 g/mol. The molecule has 0 aliphatic carbocycles. The summed E-state index contributed by atoms with van der Waals surface area (Å²) in [5, 5.41) is 2.45. The Balaban J connectivity index is 1.82. The number of hydrogen-bond acceptors (Lipinski definition) is 6. The highest BCUT2D eigenvalue weighted by Gasteiger charge is 2.33. The molecular formula is C10H9N3O6. The SMILES string of the molecule is O=C(NCN1C(=O)C=CC1=O)ON1C(=O)CCC1=O. The standard InChI is InChI=1S/C10H9N3O6/c14-6-1-2-7(15)12(6)5-11-10(18)19-13-8(16)3-4-9(13)17/h1-2H,3-5H2,(H,11,18). The summed E-state index contributed by atoms with van der Waals surface area (Å²) in [5.41, 5.74) is 0. The molecule has 2 heterocycles. The third-order valence-electron chi connectivity index (χ3n) is 2.46. The highest BCUT2D eigenvalue weighted by Crippen LogP contribution is 2.11. The van der Waals surface area contributed by atoms with E-state index in [-0.39, 0.29) is 12.8 Å². The molecule has 1 fully saturated rings. The minimum atomic E-state index is -1.10. The topological polar surface area (TPSA) is 113 Å². The van der Waals surface area contributed by atoms with Gasteiger partial charge in [0.2, 0.25) is 0 Å². The van der Waals surface area contributed by atoms with E-state index in [1.54, 1.807) is 0 Å². The third-order valence-corrected chi connectivity index (χ3v) is 2.46. The van der Waals surface area contributed by atoms with Gasteiger partial charge in [-0.3, -0.25) is 24.1 Å². The van der Waals surface area contributed by atoms with Gasteiger partial charge in [-0.1, -0.05) is 0 Å². The van der Waals surface area contributed by atoms with Gasteiger partial charge in [-0.05, 0) is 0 Å². The number of hydroxylamine groups is 2. The van der Waals surface area contributed by atoms with Gasteiger partial charge in [-0.15, -0.1) is 5.06 Å². The summed E-state index contributed by atoms with van der Waals surface area (Å²) >= 11 is 0. The molecule has 9 heteroatoms. The Hall–Kier alpha value is -2.71. The van der Waals surface area contributed by atoms with Crippen molar-refractivity contribution in [3.05, 3.63) is 12.2 Å². The fourth-order valence-electron chi connectivity index (χ4n) is 1.50. The first-order chi connectivity index (χ1) is 8.99. The molecule has 0 spiro atoms. The first kappa shape index (κ1) is 12.7. The van der Waals surface area contributed by atoms with E-state index in [1.807, 2.05) is 0 Å². The molecule has 0 saturated carbocycles. The van der Waals surface area contributed by atoms with E-state index in [4.69, 9.17) is 0 Å². The van der Waals surface area contributed by atoms with Gasteiger partial charge in [-0.25, -0.2) is 4.79 Å². The first-order valence-corrected chi connectivity index (χ1v) is 5.34. The molecule has 9 nitrogen and oxygen atoms in total. The second kappa shape index (κ2) is 4.88. The summed E-state index contributed by atoms with van der Waals surface area (Å²) in [6.45, 7) is -0.403. The van der Waals surface area contributed by atoms with Crippen LogP contribution in [0.2, 0.25) is 0 Å². The van der Waals surface area contributed by atoms with Gasteiger partial charge < -0.3 is 10.2 Å². The van der Waals surface area contributed by atoms with Gasteiger partial charge in [0.1, 0.15) is 6.67 Å². The van der Waals surface area contributed by atoms with E-state index in [1.165, 1.54) is 0 Å². The third kappa shape index (κ3) is 2.59. The summed E-state index contributed by atoms with van der Waals surface area (Å²) in [5.74, 6) is -2.37. The minimum absolute atomic E-state index is 0.0148. The van der Waals surface area contributed by atoms with Crippen LogP contribution in [0, 0.1) is 0 Å². The van der Waals surface area contributed by atoms with Gasteiger partial charge in [-0.2, -0.15) is 0 Å². The van der Waals surface area contributed by atoms with E-state index in [2.05, 4.69) is 10.2 Å². The summed E-state index contributed by atoms with van der Waals surface area (Å²) in [6.07, 6.45) is 0.986. The fourth-order valence-corrected chi connectivity index (χ4v) is 1.50. The second-order valence-electron chi connectivity index (χ2n) is 3.73. The fraction of sp³-hybridized carbons (Fsp3) is 0.300. The lowest BCUT2D eigenvalue weighted by Crippen LogP contribution is -2.44. The van der Waals surface area contributed by atoms with Crippen molar-refractivity contribution in [3.8, 4) is 0 Å². The highest BCUT2D eigenvalue weighted by molar-refractivity contribution is 6.12. The maximum atomic E-state index is 11.3. The van der Waals surface area contributed by atoms with Gasteiger partial charge in [0.25, 0.3) is 23.6 Å². The molecule has 2 aliphatic rings. The number of nitrogens with one attached hydrogen (secondary N) is 1. The zero-order valence-electron chi connectivity index (χ0n) is 9.62. The molecule has 1 saturated heterocycles. The summed E-state index contributed by atoms with van der Waals surface area (Å²) in [4.78, 5) is 61.2. The predicted octanol–water partition coefficient (Wildman–Crippen LogP) is -1.34. The zero-order valence-corrected chi connectivity index (χ0v) is 9.62. The number of carbonyl (C=O) groups is 5. The van der Waals surface area contributed by atoms with Crippen LogP contribution < -0.4 is 5.32 Å². The van der Waals surface area contributed by atoms with Crippen LogP contribution in [0.4, 0.5) is 4.79 Å². The van der Waals surface area contributed by atoms with Gasteiger partial charge in [0.05, 0.1) is 0 Å². The van der Waals surface area contributed by atoms with Gasteiger partial charge in [0, 0.05) is 25.0 Å². The van der Waals surface area contributed by atoms with Crippen LogP contribution in [-0.2, 0) is 24.0 Å². The Kier molecular flexibility index (Phi) is 3.27. The first-order valence-electron chi connectivity index (χ1n) is 5.34. The molecule has 100 valence electrons. The van der Waals surface area contributed by atoms with Crippen molar-refractivity contribution in [1.29, 1.82) is 0 Å². The van der Waals surface area contributed by atoms with Crippen LogP contribution in [0.25, 0.3) is 0 Å². The quantitative estimate of drug-likeness (QED) is 0.633. The van der Waals surface area contributed by atoms with Crippen LogP contribution in [0.15, 0.2) is 12.2 Å². The number of rotatable bonds is 3. The lowest BCUT2D eigenvalue weighted by molar-refractivity contribution is -0.171. The molecule has 19 heavy (non-hydrogen) atoms. The molecule has 5 amide bonds. The molecule has 0 unspecified atom stereocenters. The Bertz CT molecular complexity index is 477. The van der Waals surface area contributed by atoms with Gasteiger partial charge in [0.15, 0.2) is 0 Å². The van der Waals surface area contributed by atoms with E-state index >= 15 is 0 Å². The summed E-state index contributed by atoms with van der Waals surface area (Å²) in [7, 11) is 0. The van der Waals surface area contributed by atoms with Crippen LogP contribution in [0.1, 0.15) is 12.8 Å². The molecule has 2 aliphatic heterocycles. The van der Waals surface area contributed by atoms with Crippen LogP contribution in [0.3, 0.4) is 0 Å². The smallest absolute Gasteiger partial charge is 0.311 e. The van der Waals surface area contributed by atoms with E-state index in [9.17, 15) is 24.0 Å². The maximum Gasteiger partial charge on any atom is 0.433 e. The Morgan fingerprint density at radius 1 is 1.11 bits per heavy atom. The molecule has 0 aromatic heterocycles. The van der Waals surface area contributed by atoms with E-state index in [0.717, 1.165) is 17.1 Å². The molecule has 2 rings (SSSR count). The molecular weight excluding hydrogens is 258 g/mol. The largest absolute Gasteiger partial charge is 0.433 e. The average Bonchev–Trinajstić information content (AvgIpc) is 2.84. The van der Waals surface area contributed by atoms with Crippen molar-refractivity contribution in [2.75, 3.05) is 6.67 Å². The van der Waals surface area contributed by atoms with Crippen LogP contribution in [0.5, 0.6) is 0 Å². The second-order valence-corrected chi connectivity index (χ2v) is 3.73. The van der Waals surface area contributed by atoms with Crippen molar-refractivity contribution in [3.63, 3.8) is 0 Å². The van der Waals surface area contributed by atoms with Crippen molar-refractivity contribution >= 4 is 29.7 Å². The molecule has 0 aromatic carbocycles. The lowest BCUT2D eigenvalue weighted by Gasteiger charge is -2.16. The highest BCUT2D eigenvalue weighted by atomic mass is 16.7. The van der Waals surface area contributed by atoms with E-state index < -0.39 is 36.4 Å². The number of hydrogen-bond donors (Lipinski definition) is 1. The van der Waals surface area contributed by atoms with Crippen molar-refractivity contribution in [1.82, 2.24) is 15.3 Å². The summed E-state index contributed by atoms with van der Waals surface area (Å²) < 4.78 is 0. The lowest BCUT2D eigenvalue weighted by atomic mass is 10.4. The van der Waals surface area contributed by atoms with Crippen molar-refractivity contribution < 1.29 is 28.8 Å². The molecule has 1 N–H and O–H groups in total. The Labute approximate surface area is 106 Å². The van der Waals surface area contributed by atoms with Crippen LogP contribution >= 0.6 is 0 Å². The van der Waals surface area contributed by atoms with Crippen molar-refractivity contribution in [2.45, 2.75) is 12.8 Å². The van der Waals surface area contributed by atoms with Crippen LogP contribution in [-0.4, -0.2) is 46.4 Å². The van der Waals surface area contributed by atoms with E-state index in [0.29, 0.717) is 5.06 Å². The summed E-state index contributed by atoms with van der Waals surface area (Å²) in [6, 6.07) is 0. The molecule has 0 bridgehead atoms. The predicted molar refractivity (Wildman–Crippen MR) is 56.6 cm³/mol. The van der Waals surface area contributed by atoms with Gasteiger partial charge >= 0.3 is 6.09 Å². The normalized spacial score (nSPS) is 18.5. The monoisotopic (exact) mass is 267 g/mol. The number of nitrogens with zero attached hydrogens (tertiary/aromatic N) is 2. The number of amides is 5. The number of imide groups is 2. The van der Waals surface area contributed by atoms with Crippen molar-refractivity contribution in [2.24, 2.45) is 0 Å². The molecule has 0 atom stereocenters. The zero-order chi connectivity index (χ0) is 14.0. The Morgan fingerprint density at radius 3 is 2.16 bits per heavy atom. The molecule has 0 aromatic rings. The molecule has 0 radical (unpaired) electrons. The minimum Gasteiger partial charge on any atom is -0.311 e. The maximum absolute atomic E-state index is 11.3. The Morgan fingerprint density at radius 2 is 1.63 bits per heavy atom. The number of carbonyl (C=O) groups excluding carboxylic acids is 5.